The molecule has 8 unspecified atom stereocenters. The Bertz CT molecular complexity index is 2950. The number of aromatic amines is 2. The Morgan fingerprint density at radius 2 is 1.47 bits per heavy atom. The summed E-state index contributed by atoms with van der Waals surface area (Å²) in [4.78, 5) is 50.1. The molecule has 19 heteroatoms. The average molecular weight is 1030 g/mol. The van der Waals surface area contributed by atoms with Crippen molar-refractivity contribution in [3.05, 3.63) is 102 Å². The lowest BCUT2D eigenvalue weighted by Gasteiger charge is -2.37. The minimum atomic E-state index is -1.26. The van der Waals surface area contributed by atoms with Gasteiger partial charge < -0.3 is 58.6 Å². The molecule has 19 nitrogen and oxygen atoms in total. The Morgan fingerprint density at radius 3 is 2.19 bits per heavy atom. The number of carbonyl (C=O) groups excluding carboxylic acids is 2. The molecule has 10 rings (SSSR count). The van der Waals surface area contributed by atoms with Crippen molar-refractivity contribution in [3.8, 4) is 39.5 Å². The van der Waals surface area contributed by atoms with Crippen LogP contribution in [0.5, 0.6) is 5.75 Å². The van der Waals surface area contributed by atoms with Crippen molar-refractivity contribution in [2.45, 2.75) is 116 Å². The SMILES string of the molecule is COC(O)NC(C(=O)N1CCCC1c1ncc(-c2ccc3c(c2)OC(CCc2cccc(C(=O)N4CCOCC4)c2)n2c-3cc3cc(-c4cnc(C5CCCN5C(O)C(NC(O)OC)C(C)C)[nH]4)ccc32)[nH]1)C(C)C. The Balaban J connectivity index is 0.942. The first-order valence-corrected chi connectivity index (χ1v) is 26.5. The largest absolute Gasteiger partial charge is 0.469 e. The summed E-state index contributed by atoms with van der Waals surface area (Å²) in [5.41, 5.74) is 8.20. The van der Waals surface area contributed by atoms with E-state index >= 15 is 0 Å². The zero-order chi connectivity index (χ0) is 52.5. The summed E-state index contributed by atoms with van der Waals surface area (Å²) in [5, 5.41) is 39.1. The third-order valence-electron chi connectivity index (χ3n) is 15.5. The number of nitrogens with zero attached hydrogens (tertiary/aromatic N) is 6. The van der Waals surface area contributed by atoms with Gasteiger partial charge >= 0.3 is 0 Å². The van der Waals surface area contributed by atoms with Gasteiger partial charge in [-0.05, 0) is 92.0 Å². The Kier molecular flexibility index (Phi) is 15.9. The number of benzene rings is 3. The molecule has 8 atom stereocenters. The highest BCUT2D eigenvalue weighted by Gasteiger charge is 2.40. The van der Waals surface area contributed by atoms with Gasteiger partial charge in [0.1, 0.15) is 23.6 Å². The molecule has 3 aromatic heterocycles. The average Bonchev–Trinajstić information content (AvgIpc) is 4.31. The zero-order valence-corrected chi connectivity index (χ0v) is 43.7. The van der Waals surface area contributed by atoms with Crippen LogP contribution in [0.4, 0.5) is 0 Å². The number of amides is 2. The number of nitrogens with one attached hydrogen (secondary N) is 4. The smallest absolute Gasteiger partial charge is 0.254 e. The lowest BCUT2D eigenvalue weighted by Crippen LogP contribution is -2.55. The minimum absolute atomic E-state index is 0.0104. The van der Waals surface area contributed by atoms with Gasteiger partial charge in [-0.25, -0.2) is 9.97 Å². The third-order valence-corrected chi connectivity index (χ3v) is 15.5. The predicted molar refractivity (Wildman–Crippen MR) is 282 cm³/mol. The van der Waals surface area contributed by atoms with Gasteiger partial charge in [0.25, 0.3) is 5.91 Å². The van der Waals surface area contributed by atoms with E-state index in [2.05, 4.69) is 73.7 Å². The summed E-state index contributed by atoms with van der Waals surface area (Å²) >= 11 is 0. The number of aryl methyl sites for hydroxylation is 1. The number of aliphatic hydroxyl groups is 3. The summed E-state index contributed by atoms with van der Waals surface area (Å²) < 4.78 is 24.9. The van der Waals surface area contributed by atoms with E-state index in [-0.39, 0.29) is 35.7 Å². The quantitative estimate of drug-likeness (QED) is 0.0444. The summed E-state index contributed by atoms with van der Waals surface area (Å²) in [6, 6.07) is 21.3. The number of hydrogen-bond donors (Lipinski definition) is 7. The molecule has 0 bridgehead atoms. The summed E-state index contributed by atoms with van der Waals surface area (Å²) in [6.07, 6.45) is 4.52. The number of aliphatic hydroxyl groups excluding tert-OH is 3. The molecule has 4 aliphatic heterocycles. The number of fused-ring (bicyclic) bond motifs is 5. The Labute approximate surface area is 437 Å². The monoisotopic (exact) mass is 1030 g/mol. The molecule has 0 aliphatic carbocycles. The molecular weight excluding hydrogens is 957 g/mol. The topological polar surface area (TPSA) is 228 Å². The maximum Gasteiger partial charge on any atom is 0.254 e. The first-order chi connectivity index (χ1) is 36.3. The third kappa shape index (κ3) is 10.9. The fraction of sp³-hybridized carbons (Fsp3) is 0.500. The lowest BCUT2D eigenvalue weighted by molar-refractivity contribution is -0.145. The van der Waals surface area contributed by atoms with Crippen LogP contribution < -0.4 is 15.4 Å². The van der Waals surface area contributed by atoms with Crippen LogP contribution >= 0.6 is 0 Å². The van der Waals surface area contributed by atoms with Crippen LogP contribution in [0.1, 0.15) is 106 Å². The van der Waals surface area contributed by atoms with E-state index in [9.17, 15) is 24.9 Å². The van der Waals surface area contributed by atoms with Gasteiger partial charge in [0.15, 0.2) is 6.23 Å². The summed E-state index contributed by atoms with van der Waals surface area (Å²) in [5.74, 6) is 2.04. The van der Waals surface area contributed by atoms with Crippen LogP contribution in [0.25, 0.3) is 44.7 Å². The molecule has 7 N–H and O–H groups in total. The van der Waals surface area contributed by atoms with E-state index in [4.69, 9.17) is 28.9 Å². The van der Waals surface area contributed by atoms with Crippen molar-refractivity contribution in [3.63, 3.8) is 0 Å². The molecule has 2 amide bonds. The van der Waals surface area contributed by atoms with Crippen molar-refractivity contribution < 1.29 is 43.9 Å². The van der Waals surface area contributed by atoms with Crippen LogP contribution in [-0.4, -0.2) is 151 Å². The van der Waals surface area contributed by atoms with Crippen LogP contribution in [-0.2, 0) is 25.4 Å². The number of imidazole rings is 2. The molecular formula is C56H72N10O9. The first kappa shape index (κ1) is 52.4. The first-order valence-electron chi connectivity index (χ1n) is 26.5. The van der Waals surface area contributed by atoms with Crippen molar-refractivity contribution in [2.75, 3.05) is 53.6 Å². The minimum Gasteiger partial charge on any atom is -0.469 e. The normalized spacial score (nSPS) is 21.1. The van der Waals surface area contributed by atoms with Gasteiger partial charge in [-0.2, -0.15) is 0 Å². The number of ether oxygens (including phenoxy) is 4. The molecule has 7 heterocycles. The molecule has 3 fully saturated rings. The van der Waals surface area contributed by atoms with E-state index in [1.165, 1.54) is 14.2 Å². The van der Waals surface area contributed by atoms with Crippen molar-refractivity contribution >= 4 is 22.7 Å². The van der Waals surface area contributed by atoms with Crippen LogP contribution in [0, 0.1) is 11.8 Å². The maximum atomic E-state index is 13.9. The second-order valence-corrected chi connectivity index (χ2v) is 21.0. The van der Waals surface area contributed by atoms with E-state index in [0.717, 1.165) is 87.5 Å². The second kappa shape index (κ2) is 22.7. The fourth-order valence-corrected chi connectivity index (χ4v) is 11.4. The number of aromatic nitrogens is 5. The predicted octanol–water partition coefficient (Wildman–Crippen LogP) is 6.28. The van der Waals surface area contributed by atoms with E-state index in [0.29, 0.717) is 63.6 Å². The molecule has 3 aromatic carbocycles. The van der Waals surface area contributed by atoms with Gasteiger partial charge in [-0.3, -0.25) is 25.1 Å². The molecule has 3 saturated heterocycles. The number of hydrogen-bond acceptors (Lipinski definition) is 14. The Hall–Kier alpha value is -6.00. The van der Waals surface area contributed by atoms with Crippen LogP contribution in [0.3, 0.4) is 0 Å². The molecule has 400 valence electrons. The standard InChI is InChI=1S/C56H72N10O9/c1-32(2)48(61-55(70)72-5)53(68)64-20-8-12-43(64)50-57-30-40(59-50)35-16-18-42-38(27-35)28-45-39-17-15-36(41-31-58-51(60-41)44-13-9-21-65(44)54(69)49(33(3)4)62-56(71)73-6)29-46(39)75-47(66(42)45)19-14-34-10-7-11-37(26-34)52(67)63-22-24-74-25-23-63/h7,10-11,15-18,26-33,43-44,47-49,53,55-56,61-62,68,70-71H,8-9,12-14,19-25H2,1-6H3,(H,57,59)(H,58,60). The van der Waals surface area contributed by atoms with Gasteiger partial charge in [-0.1, -0.05) is 52.0 Å². The van der Waals surface area contributed by atoms with Crippen molar-refractivity contribution in [1.29, 1.82) is 0 Å². The second-order valence-electron chi connectivity index (χ2n) is 21.0. The van der Waals surface area contributed by atoms with Gasteiger partial charge in [-0.15, -0.1) is 0 Å². The molecule has 75 heavy (non-hydrogen) atoms. The number of carbonyl (C=O) groups is 2. The molecule has 4 aliphatic rings. The number of rotatable bonds is 19. The lowest BCUT2D eigenvalue weighted by atomic mass is 10.0. The number of methoxy groups -OCH3 is 2. The number of H-pyrrole nitrogens is 2. The van der Waals surface area contributed by atoms with Crippen molar-refractivity contribution in [2.24, 2.45) is 11.8 Å². The van der Waals surface area contributed by atoms with E-state index in [1.807, 2.05) is 73.0 Å². The number of morpholine rings is 1. The van der Waals surface area contributed by atoms with E-state index < -0.39 is 37.4 Å². The number of likely N-dealkylation sites (tertiary alicyclic amines) is 2. The zero-order valence-electron chi connectivity index (χ0n) is 43.7. The van der Waals surface area contributed by atoms with Crippen LogP contribution in [0.15, 0.2) is 79.1 Å². The molecule has 0 spiro atoms. The highest BCUT2D eigenvalue weighted by molar-refractivity contribution is 5.95. The molecule has 6 aromatic rings. The van der Waals surface area contributed by atoms with Gasteiger partial charge in [0.05, 0.1) is 72.4 Å². The highest BCUT2D eigenvalue weighted by Crippen LogP contribution is 2.46. The maximum absolute atomic E-state index is 13.9. The Morgan fingerprint density at radius 1 is 0.787 bits per heavy atom. The van der Waals surface area contributed by atoms with Gasteiger partial charge in [0, 0.05) is 74.5 Å². The molecule has 0 radical (unpaired) electrons. The summed E-state index contributed by atoms with van der Waals surface area (Å²) in [6.45, 7) is 11.4. The fourth-order valence-electron chi connectivity index (χ4n) is 11.4. The van der Waals surface area contributed by atoms with Gasteiger partial charge in [0.2, 0.25) is 18.7 Å². The van der Waals surface area contributed by atoms with Crippen molar-refractivity contribution in [1.82, 2.24) is 49.8 Å². The van der Waals surface area contributed by atoms with E-state index in [1.54, 1.807) is 0 Å². The highest BCUT2D eigenvalue weighted by atomic mass is 16.6. The van der Waals surface area contributed by atoms with Crippen LogP contribution in [0.2, 0.25) is 0 Å². The summed E-state index contributed by atoms with van der Waals surface area (Å²) in [7, 11) is 2.81. The molecule has 0 saturated carbocycles.